The fourth-order valence-electron chi connectivity index (χ4n) is 1.87. The Hall–Kier alpha value is -0.770. The molecule has 0 saturated heterocycles. The van der Waals surface area contributed by atoms with E-state index in [2.05, 4.69) is 5.32 Å². The first-order valence-corrected chi connectivity index (χ1v) is 6.24. The Morgan fingerprint density at radius 3 is 2.35 bits per heavy atom. The van der Waals surface area contributed by atoms with Gasteiger partial charge in [0.15, 0.2) is 0 Å². The van der Waals surface area contributed by atoms with Crippen molar-refractivity contribution in [2.75, 3.05) is 0 Å². The second-order valence-electron chi connectivity index (χ2n) is 4.46. The molecule has 0 heterocycles. The Morgan fingerprint density at radius 2 is 1.94 bits per heavy atom. The molecule has 1 fully saturated rings. The summed E-state index contributed by atoms with van der Waals surface area (Å²) in [6.07, 6.45) is 1.68. The normalized spacial score (nSPS) is 18.6. The third-order valence-corrected chi connectivity index (χ3v) is 3.60. The van der Waals surface area contributed by atoms with Gasteiger partial charge in [-0.05, 0) is 31.9 Å². The predicted molar refractivity (Wildman–Crippen MR) is 69.2 cm³/mol. The minimum atomic E-state index is -0.534. The van der Waals surface area contributed by atoms with E-state index in [0.717, 1.165) is 18.4 Å². The van der Waals surface area contributed by atoms with Crippen molar-refractivity contribution in [1.82, 2.24) is 5.32 Å². The molecule has 1 aliphatic rings. The third kappa shape index (κ3) is 2.41. The summed E-state index contributed by atoms with van der Waals surface area (Å²) in [5, 5.41) is 4.10. The highest BCUT2D eigenvalue weighted by Gasteiger charge is 2.48. The molecule has 0 spiro atoms. The van der Waals surface area contributed by atoms with E-state index in [1.807, 2.05) is 0 Å². The molecule has 3 N–H and O–H groups in total. The van der Waals surface area contributed by atoms with Gasteiger partial charge in [-0.25, -0.2) is 0 Å². The van der Waals surface area contributed by atoms with Gasteiger partial charge < -0.3 is 11.1 Å². The van der Waals surface area contributed by atoms with Crippen molar-refractivity contribution in [3.8, 4) is 0 Å². The van der Waals surface area contributed by atoms with Gasteiger partial charge in [-0.2, -0.15) is 0 Å². The number of carbonyl (C=O) groups excluding carboxylic acids is 1. The Balaban J connectivity index is 2.30. The zero-order valence-corrected chi connectivity index (χ0v) is 11.0. The van der Waals surface area contributed by atoms with Crippen LogP contribution < -0.4 is 11.1 Å². The highest BCUT2D eigenvalue weighted by molar-refractivity contribution is 6.36. The van der Waals surface area contributed by atoms with E-state index >= 15 is 0 Å². The zero-order valence-electron chi connectivity index (χ0n) is 9.47. The van der Waals surface area contributed by atoms with Crippen molar-refractivity contribution in [3.63, 3.8) is 0 Å². The van der Waals surface area contributed by atoms with Gasteiger partial charge in [0, 0.05) is 15.6 Å². The van der Waals surface area contributed by atoms with Crippen LogP contribution in [-0.4, -0.2) is 11.9 Å². The van der Waals surface area contributed by atoms with Crippen molar-refractivity contribution < 1.29 is 4.79 Å². The topological polar surface area (TPSA) is 55.1 Å². The summed E-state index contributed by atoms with van der Waals surface area (Å²) in [6, 6.07) is 4.81. The van der Waals surface area contributed by atoms with E-state index in [9.17, 15) is 4.79 Å². The van der Waals surface area contributed by atoms with Gasteiger partial charge in [0.25, 0.3) is 0 Å². The monoisotopic (exact) mass is 272 g/mol. The quantitative estimate of drug-likeness (QED) is 0.888. The number of nitrogens with two attached hydrogens (primary N) is 1. The third-order valence-electron chi connectivity index (χ3n) is 2.97. The van der Waals surface area contributed by atoms with Crippen molar-refractivity contribution >= 4 is 29.1 Å². The molecule has 1 aliphatic carbocycles. The van der Waals surface area contributed by atoms with Gasteiger partial charge in [-0.15, -0.1) is 0 Å². The van der Waals surface area contributed by atoms with Crippen LogP contribution in [0, 0.1) is 0 Å². The highest BCUT2D eigenvalue weighted by atomic mass is 35.5. The molecule has 1 aromatic rings. The van der Waals surface area contributed by atoms with E-state index in [-0.39, 0.29) is 5.91 Å². The number of rotatable bonds is 3. The van der Waals surface area contributed by atoms with Gasteiger partial charge in [0.2, 0.25) is 5.91 Å². The summed E-state index contributed by atoms with van der Waals surface area (Å²) >= 11 is 12.3. The Labute approximate surface area is 110 Å². The number of benzene rings is 1. The number of nitrogens with one attached hydrogen (secondary N) is 1. The van der Waals surface area contributed by atoms with E-state index < -0.39 is 11.6 Å². The lowest BCUT2D eigenvalue weighted by molar-refractivity contribution is -0.123. The number of halogens is 2. The molecule has 92 valence electrons. The number of amides is 1. The molecule has 1 saturated carbocycles. The molecular weight excluding hydrogens is 259 g/mol. The Morgan fingerprint density at radius 1 is 1.41 bits per heavy atom. The summed E-state index contributed by atoms with van der Waals surface area (Å²) in [4.78, 5) is 11.7. The van der Waals surface area contributed by atoms with Gasteiger partial charge in [-0.1, -0.05) is 29.3 Å². The molecule has 3 nitrogen and oxygen atoms in total. The van der Waals surface area contributed by atoms with Crippen molar-refractivity contribution in [1.29, 1.82) is 0 Å². The van der Waals surface area contributed by atoms with Gasteiger partial charge >= 0.3 is 0 Å². The molecule has 1 atom stereocenters. The van der Waals surface area contributed by atoms with Crippen LogP contribution in [0.2, 0.25) is 10.0 Å². The largest absolute Gasteiger partial charge is 0.345 e. The maximum Gasteiger partial charge on any atom is 0.237 e. The fourth-order valence-corrected chi connectivity index (χ4v) is 2.63. The van der Waals surface area contributed by atoms with Gasteiger partial charge in [0.1, 0.15) is 0 Å². The van der Waals surface area contributed by atoms with Crippen molar-refractivity contribution in [3.05, 3.63) is 33.8 Å². The van der Waals surface area contributed by atoms with Crippen LogP contribution in [0.3, 0.4) is 0 Å². The molecule has 0 bridgehead atoms. The second kappa shape index (κ2) is 4.48. The standard InChI is InChI=1S/C12H14Cl2N2O/c1-7(15)11(17)16-12(5-6-12)10-8(13)3-2-4-9(10)14/h2-4,7H,5-6,15H2,1H3,(H,16,17)/t7-/m1/s1. The summed E-state index contributed by atoms with van der Waals surface area (Å²) < 4.78 is 0. The molecule has 17 heavy (non-hydrogen) atoms. The zero-order chi connectivity index (χ0) is 12.6. The highest BCUT2D eigenvalue weighted by Crippen LogP contribution is 2.50. The molecule has 0 radical (unpaired) electrons. The Bertz CT molecular complexity index is 436. The van der Waals surface area contributed by atoms with Crippen molar-refractivity contribution in [2.45, 2.75) is 31.3 Å². The average molecular weight is 273 g/mol. The second-order valence-corrected chi connectivity index (χ2v) is 5.27. The molecule has 5 heteroatoms. The lowest BCUT2D eigenvalue weighted by Crippen LogP contribution is -2.44. The minimum absolute atomic E-state index is 0.182. The summed E-state index contributed by atoms with van der Waals surface area (Å²) in [5.74, 6) is -0.182. The lowest BCUT2D eigenvalue weighted by Gasteiger charge is -2.21. The van der Waals surface area contributed by atoms with E-state index in [4.69, 9.17) is 28.9 Å². The first-order chi connectivity index (χ1) is 7.96. The first kappa shape index (κ1) is 12.7. The summed E-state index contributed by atoms with van der Waals surface area (Å²) in [6.45, 7) is 1.65. The molecular formula is C12H14Cl2N2O. The minimum Gasteiger partial charge on any atom is -0.345 e. The van der Waals surface area contributed by atoms with E-state index in [0.29, 0.717) is 10.0 Å². The van der Waals surface area contributed by atoms with Crippen LogP contribution in [0.5, 0.6) is 0 Å². The van der Waals surface area contributed by atoms with Crippen LogP contribution in [0.15, 0.2) is 18.2 Å². The number of carbonyl (C=O) groups is 1. The molecule has 0 unspecified atom stereocenters. The number of hydrogen-bond acceptors (Lipinski definition) is 2. The molecule has 0 aliphatic heterocycles. The van der Waals surface area contributed by atoms with Crippen LogP contribution in [-0.2, 0) is 10.3 Å². The average Bonchev–Trinajstić information content (AvgIpc) is 2.98. The fraction of sp³-hybridized carbons (Fsp3) is 0.417. The predicted octanol–water partition coefficient (Wildman–Crippen LogP) is 2.45. The van der Waals surface area contributed by atoms with E-state index in [1.54, 1.807) is 25.1 Å². The van der Waals surface area contributed by atoms with Crippen LogP contribution >= 0.6 is 23.2 Å². The van der Waals surface area contributed by atoms with Gasteiger partial charge in [0.05, 0.1) is 11.6 Å². The van der Waals surface area contributed by atoms with Crippen LogP contribution in [0.4, 0.5) is 0 Å². The maximum absolute atomic E-state index is 11.7. The SMILES string of the molecule is C[C@@H](N)C(=O)NC1(c2c(Cl)cccc2Cl)CC1. The van der Waals surface area contributed by atoms with Gasteiger partial charge in [-0.3, -0.25) is 4.79 Å². The molecule has 1 aromatic carbocycles. The van der Waals surface area contributed by atoms with Crippen LogP contribution in [0.25, 0.3) is 0 Å². The maximum atomic E-state index is 11.7. The molecule has 2 rings (SSSR count). The smallest absolute Gasteiger partial charge is 0.237 e. The van der Waals surface area contributed by atoms with Crippen molar-refractivity contribution in [2.24, 2.45) is 5.73 Å². The van der Waals surface area contributed by atoms with E-state index in [1.165, 1.54) is 0 Å². The number of hydrogen-bond donors (Lipinski definition) is 2. The molecule has 1 amide bonds. The first-order valence-electron chi connectivity index (χ1n) is 5.48. The Kier molecular flexibility index (Phi) is 3.34. The molecule has 0 aromatic heterocycles. The van der Waals surface area contributed by atoms with Crippen LogP contribution in [0.1, 0.15) is 25.3 Å². The summed E-state index contributed by atoms with van der Waals surface area (Å²) in [7, 11) is 0. The summed E-state index contributed by atoms with van der Waals surface area (Å²) in [5.41, 5.74) is 5.93. The lowest BCUT2D eigenvalue weighted by atomic mass is 10.0.